The minimum atomic E-state index is 0.0304. The molecule has 0 bridgehead atoms. The molecule has 1 aliphatic carbocycles. The summed E-state index contributed by atoms with van der Waals surface area (Å²) in [4.78, 5) is 15.2. The predicted octanol–water partition coefficient (Wildman–Crippen LogP) is 7.16. The summed E-state index contributed by atoms with van der Waals surface area (Å²) in [7, 11) is 0. The highest BCUT2D eigenvalue weighted by atomic mass is 16.5. The average Bonchev–Trinajstić information content (AvgIpc) is 3.45. The lowest BCUT2D eigenvalue weighted by Crippen LogP contribution is -2.28. The Morgan fingerprint density at radius 2 is 1.71 bits per heavy atom. The van der Waals surface area contributed by atoms with Gasteiger partial charge in [0.05, 0.1) is 39.6 Å². The summed E-state index contributed by atoms with van der Waals surface area (Å²) in [5, 5.41) is 6.34. The number of ether oxygens (including phenoxy) is 5. The first-order valence-corrected chi connectivity index (χ1v) is 15.8. The molecule has 0 fully saturated rings. The second kappa shape index (κ2) is 19.2. The zero-order valence-corrected chi connectivity index (χ0v) is 26.1. The summed E-state index contributed by atoms with van der Waals surface area (Å²) in [6.07, 6.45) is 5.07. The van der Waals surface area contributed by atoms with E-state index < -0.39 is 0 Å². The van der Waals surface area contributed by atoms with E-state index in [1.807, 2.05) is 48.5 Å². The van der Waals surface area contributed by atoms with Gasteiger partial charge in [0.1, 0.15) is 23.0 Å². The third-order valence-corrected chi connectivity index (χ3v) is 7.43. The molecule has 240 valence electrons. The van der Waals surface area contributed by atoms with Gasteiger partial charge in [-0.2, -0.15) is 0 Å². The van der Waals surface area contributed by atoms with Crippen LogP contribution in [0.2, 0.25) is 0 Å². The topological polar surface area (TPSA) is 124 Å². The van der Waals surface area contributed by atoms with Crippen LogP contribution in [-0.4, -0.2) is 58.6 Å². The largest absolute Gasteiger partial charge is 0.493 e. The molecule has 10 heteroatoms. The number of hydrogen-bond acceptors (Lipinski definition) is 7. The number of rotatable bonds is 21. The van der Waals surface area contributed by atoms with Crippen LogP contribution in [0.4, 0.5) is 0 Å². The number of carbonyl (C=O) groups is 1. The first-order chi connectivity index (χ1) is 22.2. The predicted molar refractivity (Wildman–Crippen MR) is 173 cm³/mol. The van der Waals surface area contributed by atoms with Crippen molar-refractivity contribution in [2.75, 3.05) is 52.7 Å². The van der Waals surface area contributed by atoms with Crippen molar-refractivity contribution in [3.63, 3.8) is 0 Å². The van der Waals surface area contributed by atoms with Crippen LogP contribution >= 0.6 is 0 Å². The van der Waals surface area contributed by atoms with Gasteiger partial charge in [-0.15, -0.1) is 0 Å². The Hall–Kier alpha value is -4.24. The first-order valence-electron chi connectivity index (χ1n) is 15.8. The molecule has 3 aromatic rings. The zero-order chi connectivity index (χ0) is 31.5. The summed E-state index contributed by atoms with van der Waals surface area (Å²) in [6, 6.07) is 22.0. The Morgan fingerprint density at radius 3 is 2.53 bits per heavy atom. The number of carbonyl (C=O) groups excluding carboxylic acids is 1. The monoisotopic (exact) mass is 616 g/mol. The molecule has 4 rings (SSSR count). The second-order valence-electron chi connectivity index (χ2n) is 10.8. The van der Waals surface area contributed by atoms with Crippen molar-refractivity contribution in [3.05, 3.63) is 93.9 Å². The van der Waals surface area contributed by atoms with Crippen LogP contribution in [0.3, 0.4) is 0 Å². The standard InChI is InChI=1S/C35H44N4O6/c1-2-7-29-25-32(45-30-8-4-3-5-9-30)13-15-34(29)44-19-6-18-43-31-12-14-33-27(24-31)10-11-28(33)26-35(40)37-16-20-41-22-23-42-21-17-38-39-36/h3-5,8-9,12-15,24-25,28H,2,6-7,10-11,16-23,26H2,1H3,(H,37,40)/t28-/m0/s1. The lowest BCUT2D eigenvalue weighted by atomic mass is 9.97. The third kappa shape index (κ3) is 11.6. The van der Waals surface area contributed by atoms with Crippen molar-refractivity contribution in [1.82, 2.24) is 5.32 Å². The van der Waals surface area contributed by atoms with Crippen LogP contribution in [0.5, 0.6) is 23.0 Å². The fourth-order valence-electron chi connectivity index (χ4n) is 5.30. The third-order valence-electron chi connectivity index (χ3n) is 7.43. The van der Waals surface area contributed by atoms with Crippen LogP contribution in [0.15, 0.2) is 71.8 Å². The van der Waals surface area contributed by atoms with E-state index in [4.69, 9.17) is 29.2 Å². The SMILES string of the molecule is CCCc1cc(Oc2ccccc2)ccc1OCCCOc1ccc2c(c1)CC[C@H]2CC(=O)NCCOCCOCCN=[N+]=[N-]. The second-order valence-corrected chi connectivity index (χ2v) is 10.8. The highest BCUT2D eigenvalue weighted by molar-refractivity contribution is 5.77. The summed E-state index contributed by atoms with van der Waals surface area (Å²) in [6.45, 7) is 5.71. The molecule has 1 amide bonds. The van der Waals surface area contributed by atoms with Gasteiger partial charge in [0.15, 0.2) is 0 Å². The summed E-state index contributed by atoms with van der Waals surface area (Å²) >= 11 is 0. The van der Waals surface area contributed by atoms with Crippen molar-refractivity contribution >= 4 is 5.91 Å². The van der Waals surface area contributed by atoms with Gasteiger partial charge in [-0.05, 0) is 89.9 Å². The Balaban J connectivity index is 1.12. The van der Waals surface area contributed by atoms with Crippen molar-refractivity contribution in [2.45, 2.75) is 51.4 Å². The molecule has 0 saturated carbocycles. The molecule has 0 saturated heterocycles. The van der Waals surface area contributed by atoms with E-state index >= 15 is 0 Å². The van der Waals surface area contributed by atoms with Gasteiger partial charge in [-0.25, -0.2) is 0 Å². The lowest BCUT2D eigenvalue weighted by molar-refractivity contribution is -0.121. The smallest absolute Gasteiger partial charge is 0.220 e. The summed E-state index contributed by atoms with van der Waals surface area (Å²) in [5.41, 5.74) is 11.8. The lowest BCUT2D eigenvalue weighted by Gasteiger charge is -2.14. The van der Waals surface area contributed by atoms with E-state index in [-0.39, 0.29) is 11.8 Å². The number of benzene rings is 3. The maximum atomic E-state index is 12.5. The van der Waals surface area contributed by atoms with E-state index in [9.17, 15) is 4.79 Å². The average molecular weight is 617 g/mol. The molecule has 0 spiro atoms. The molecule has 0 aromatic heterocycles. The molecule has 0 unspecified atom stereocenters. The Kier molecular flexibility index (Phi) is 14.4. The highest BCUT2D eigenvalue weighted by Crippen LogP contribution is 2.37. The van der Waals surface area contributed by atoms with Gasteiger partial charge >= 0.3 is 0 Å². The van der Waals surface area contributed by atoms with Gasteiger partial charge in [0, 0.05) is 30.8 Å². The van der Waals surface area contributed by atoms with Crippen LogP contribution in [0.25, 0.3) is 10.4 Å². The molecular weight excluding hydrogens is 572 g/mol. The number of hydrogen-bond donors (Lipinski definition) is 1. The summed E-state index contributed by atoms with van der Waals surface area (Å²) < 4.78 is 28.9. The molecule has 0 aliphatic heterocycles. The van der Waals surface area contributed by atoms with Gasteiger partial charge in [0.25, 0.3) is 0 Å². The van der Waals surface area contributed by atoms with Crippen molar-refractivity contribution in [3.8, 4) is 23.0 Å². The maximum Gasteiger partial charge on any atom is 0.220 e. The van der Waals surface area contributed by atoms with Crippen molar-refractivity contribution in [2.24, 2.45) is 5.11 Å². The molecule has 0 heterocycles. The van der Waals surface area contributed by atoms with E-state index in [0.717, 1.165) is 60.7 Å². The highest BCUT2D eigenvalue weighted by Gasteiger charge is 2.25. The number of azide groups is 1. The number of aryl methyl sites for hydroxylation is 2. The number of nitrogens with zero attached hydrogens (tertiary/aromatic N) is 3. The Labute approximate surface area is 265 Å². The minimum Gasteiger partial charge on any atom is -0.493 e. The Morgan fingerprint density at radius 1 is 0.911 bits per heavy atom. The minimum absolute atomic E-state index is 0.0304. The first kappa shape index (κ1) is 33.6. The number of para-hydroxylation sites is 1. The van der Waals surface area contributed by atoms with Crippen molar-refractivity contribution < 1.29 is 28.5 Å². The zero-order valence-electron chi connectivity index (χ0n) is 26.1. The van der Waals surface area contributed by atoms with Gasteiger partial charge in [-0.3, -0.25) is 4.79 Å². The molecule has 3 aromatic carbocycles. The number of fused-ring (bicyclic) bond motifs is 1. The van der Waals surface area contributed by atoms with E-state index in [2.05, 4.69) is 40.5 Å². The summed E-state index contributed by atoms with van der Waals surface area (Å²) in [5.74, 6) is 3.62. The Bertz CT molecular complexity index is 1380. The van der Waals surface area contributed by atoms with E-state index in [1.54, 1.807) is 0 Å². The fraction of sp³-hybridized carbons (Fsp3) is 0.457. The van der Waals surface area contributed by atoms with Crippen molar-refractivity contribution in [1.29, 1.82) is 0 Å². The molecule has 1 N–H and O–H groups in total. The number of nitrogens with one attached hydrogen (secondary N) is 1. The quantitative estimate of drug-likeness (QED) is 0.0586. The normalized spacial score (nSPS) is 13.5. The maximum absolute atomic E-state index is 12.5. The van der Waals surface area contributed by atoms with Gasteiger partial charge < -0.3 is 29.0 Å². The number of amides is 1. The molecular formula is C35H44N4O6. The van der Waals surface area contributed by atoms with Gasteiger partial charge in [0.2, 0.25) is 5.91 Å². The van der Waals surface area contributed by atoms with Crippen LogP contribution in [0.1, 0.15) is 55.2 Å². The molecule has 45 heavy (non-hydrogen) atoms. The molecule has 1 aliphatic rings. The van der Waals surface area contributed by atoms with Gasteiger partial charge in [-0.1, -0.05) is 42.7 Å². The molecule has 0 radical (unpaired) electrons. The van der Waals surface area contributed by atoms with Crippen LogP contribution < -0.4 is 19.5 Å². The van der Waals surface area contributed by atoms with E-state index in [1.165, 1.54) is 11.1 Å². The van der Waals surface area contributed by atoms with E-state index in [0.29, 0.717) is 59.2 Å². The molecule has 10 nitrogen and oxygen atoms in total. The van der Waals surface area contributed by atoms with Crippen LogP contribution in [-0.2, 0) is 27.1 Å². The fourth-order valence-corrected chi connectivity index (χ4v) is 5.30. The molecule has 1 atom stereocenters. The van der Waals surface area contributed by atoms with Crippen LogP contribution in [0, 0.1) is 0 Å².